The fourth-order valence-electron chi connectivity index (χ4n) is 1.75. The van der Waals surface area contributed by atoms with Gasteiger partial charge >= 0.3 is 0 Å². The highest BCUT2D eigenvalue weighted by atomic mass is 28.3. The zero-order valence-corrected chi connectivity index (χ0v) is 14.3. The highest BCUT2D eigenvalue weighted by Gasteiger charge is 2.15. The van der Waals surface area contributed by atoms with Crippen LogP contribution in [0.15, 0.2) is 23.3 Å². The van der Waals surface area contributed by atoms with Crippen LogP contribution in [-0.2, 0) is 4.74 Å². The van der Waals surface area contributed by atoms with Crippen molar-refractivity contribution >= 4 is 8.80 Å². The van der Waals surface area contributed by atoms with E-state index in [9.17, 15) is 0 Å². The van der Waals surface area contributed by atoms with Crippen molar-refractivity contribution in [2.75, 3.05) is 0 Å². The molecule has 0 aromatic heterocycles. The third-order valence-corrected chi connectivity index (χ3v) is 4.51. The minimum absolute atomic E-state index is 0.342. The predicted octanol–water partition coefficient (Wildman–Crippen LogP) is 5.16. The van der Waals surface area contributed by atoms with E-state index in [1.54, 1.807) is 0 Å². The molecule has 1 radical (unpaired) electrons. The summed E-state index contributed by atoms with van der Waals surface area (Å²) >= 11 is 0. The molecule has 105 valence electrons. The molecule has 0 fully saturated rings. The second kappa shape index (κ2) is 9.57. The van der Waals surface area contributed by atoms with Crippen molar-refractivity contribution in [2.45, 2.75) is 78.8 Å². The second-order valence-electron chi connectivity index (χ2n) is 5.86. The van der Waals surface area contributed by atoms with Crippen LogP contribution in [0.5, 0.6) is 0 Å². The Labute approximate surface area is 116 Å². The molecule has 0 heterocycles. The van der Waals surface area contributed by atoms with Gasteiger partial charge in [0.25, 0.3) is 0 Å². The lowest BCUT2D eigenvalue weighted by molar-refractivity contribution is 0.0522. The molecule has 0 aliphatic rings. The Hall–Kier alpha value is -0.343. The maximum absolute atomic E-state index is 5.99. The van der Waals surface area contributed by atoms with E-state index in [2.05, 4.69) is 59.9 Å². The molecule has 1 nitrogen and oxygen atoms in total. The molecule has 1 atom stereocenters. The lowest BCUT2D eigenvalue weighted by atomic mass is 10.1. The molecular formula is C16H31OSi. The smallest absolute Gasteiger partial charge is 0.0787 e. The summed E-state index contributed by atoms with van der Waals surface area (Å²) in [6.45, 7) is 15.5. The molecule has 0 spiro atoms. The fourth-order valence-corrected chi connectivity index (χ4v) is 2.89. The minimum Gasteiger partial charge on any atom is -0.379 e. The van der Waals surface area contributed by atoms with Gasteiger partial charge in [-0.2, -0.15) is 0 Å². The maximum atomic E-state index is 5.99. The van der Waals surface area contributed by atoms with Crippen LogP contribution in [0.25, 0.3) is 0 Å². The van der Waals surface area contributed by atoms with Crippen LogP contribution in [0.3, 0.4) is 0 Å². The Balaban J connectivity index is 4.18. The molecular weight excluding hydrogens is 236 g/mol. The van der Waals surface area contributed by atoms with Gasteiger partial charge in [-0.15, -0.1) is 0 Å². The summed E-state index contributed by atoms with van der Waals surface area (Å²) in [6.07, 6.45) is 8.46. The first-order valence-corrected chi connectivity index (χ1v) is 9.65. The summed E-state index contributed by atoms with van der Waals surface area (Å²) in [7, 11) is -0.376. The van der Waals surface area contributed by atoms with Crippen molar-refractivity contribution in [1.82, 2.24) is 0 Å². The normalized spacial score (nSPS) is 14.2. The van der Waals surface area contributed by atoms with Gasteiger partial charge in [-0.3, -0.25) is 0 Å². The van der Waals surface area contributed by atoms with Gasteiger partial charge < -0.3 is 4.74 Å². The van der Waals surface area contributed by atoms with Gasteiger partial charge in [0.05, 0.1) is 14.9 Å². The zero-order valence-electron chi connectivity index (χ0n) is 13.3. The first kappa shape index (κ1) is 17.7. The van der Waals surface area contributed by atoms with Gasteiger partial charge in [-0.1, -0.05) is 36.4 Å². The van der Waals surface area contributed by atoms with Crippen LogP contribution >= 0.6 is 0 Å². The summed E-state index contributed by atoms with van der Waals surface area (Å²) in [5, 5.41) is 0. The second-order valence-corrected chi connectivity index (χ2v) is 8.66. The van der Waals surface area contributed by atoms with E-state index in [1.165, 1.54) is 17.6 Å². The standard InChI is InChI=1S/C16H31OSi/c1-13(2)9-8-10-15(5)11-12-16(18(6)7)17-14(3)4/h9,11,14,16H,8,10,12H2,1-7H3. The van der Waals surface area contributed by atoms with Crippen LogP contribution in [0.1, 0.15) is 53.9 Å². The monoisotopic (exact) mass is 267 g/mol. The molecule has 0 rings (SSSR count). The summed E-state index contributed by atoms with van der Waals surface area (Å²) in [5.74, 6) is 0. The Kier molecular flexibility index (Phi) is 9.39. The van der Waals surface area contributed by atoms with Gasteiger partial charge in [0.2, 0.25) is 0 Å². The average molecular weight is 268 g/mol. The molecule has 0 aliphatic heterocycles. The van der Waals surface area contributed by atoms with E-state index in [-0.39, 0.29) is 8.80 Å². The Morgan fingerprint density at radius 2 is 1.72 bits per heavy atom. The summed E-state index contributed by atoms with van der Waals surface area (Å²) < 4.78 is 5.99. The lowest BCUT2D eigenvalue weighted by Gasteiger charge is -2.22. The summed E-state index contributed by atoms with van der Waals surface area (Å²) in [5.41, 5.74) is 3.36. The highest BCUT2D eigenvalue weighted by Crippen LogP contribution is 2.13. The first-order valence-electron chi connectivity index (χ1n) is 7.07. The molecule has 2 heteroatoms. The quantitative estimate of drug-likeness (QED) is 0.436. The SMILES string of the molecule is CC(C)=CCCC(C)=CCC(OC(C)C)[Si](C)C. The maximum Gasteiger partial charge on any atom is 0.0787 e. The van der Waals surface area contributed by atoms with E-state index in [4.69, 9.17) is 4.74 Å². The third kappa shape index (κ3) is 9.66. The molecule has 0 saturated heterocycles. The number of hydrogen-bond donors (Lipinski definition) is 0. The molecule has 0 N–H and O–H groups in total. The number of hydrogen-bond acceptors (Lipinski definition) is 1. The largest absolute Gasteiger partial charge is 0.379 e. The van der Waals surface area contributed by atoms with Crippen LogP contribution in [0, 0.1) is 0 Å². The average Bonchev–Trinajstić information content (AvgIpc) is 2.22. The van der Waals surface area contributed by atoms with Crippen molar-refractivity contribution in [3.63, 3.8) is 0 Å². The van der Waals surface area contributed by atoms with Gasteiger partial charge in [0.15, 0.2) is 0 Å². The first-order chi connectivity index (χ1) is 8.32. The number of rotatable bonds is 8. The molecule has 0 bridgehead atoms. The minimum atomic E-state index is -0.376. The molecule has 18 heavy (non-hydrogen) atoms. The Bertz CT molecular complexity index is 273. The van der Waals surface area contributed by atoms with Crippen LogP contribution in [0.4, 0.5) is 0 Å². The summed E-state index contributed by atoms with van der Waals surface area (Å²) in [6, 6.07) is 0. The van der Waals surface area contributed by atoms with E-state index in [1.807, 2.05) is 0 Å². The van der Waals surface area contributed by atoms with Crippen molar-refractivity contribution in [2.24, 2.45) is 0 Å². The van der Waals surface area contributed by atoms with E-state index in [0.717, 1.165) is 12.8 Å². The van der Waals surface area contributed by atoms with E-state index in [0.29, 0.717) is 11.8 Å². The highest BCUT2D eigenvalue weighted by molar-refractivity contribution is 6.57. The lowest BCUT2D eigenvalue weighted by Crippen LogP contribution is -2.30. The number of allylic oxidation sites excluding steroid dienone is 3. The van der Waals surface area contributed by atoms with E-state index >= 15 is 0 Å². The molecule has 0 saturated carbocycles. The van der Waals surface area contributed by atoms with Gasteiger partial charge in [-0.25, -0.2) is 0 Å². The van der Waals surface area contributed by atoms with Crippen LogP contribution < -0.4 is 0 Å². The van der Waals surface area contributed by atoms with Crippen molar-refractivity contribution < 1.29 is 4.74 Å². The summed E-state index contributed by atoms with van der Waals surface area (Å²) in [4.78, 5) is 0. The molecule has 0 aliphatic carbocycles. The predicted molar refractivity (Wildman–Crippen MR) is 84.5 cm³/mol. The number of ether oxygens (including phenoxy) is 1. The Morgan fingerprint density at radius 1 is 1.11 bits per heavy atom. The Morgan fingerprint density at radius 3 is 2.17 bits per heavy atom. The third-order valence-electron chi connectivity index (χ3n) is 2.85. The van der Waals surface area contributed by atoms with E-state index < -0.39 is 0 Å². The zero-order chi connectivity index (χ0) is 14.1. The topological polar surface area (TPSA) is 9.23 Å². The van der Waals surface area contributed by atoms with Gasteiger partial charge in [0, 0.05) is 5.73 Å². The van der Waals surface area contributed by atoms with Crippen LogP contribution in [0.2, 0.25) is 13.1 Å². The molecule has 0 amide bonds. The molecule has 0 aromatic rings. The van der Waals surface area contributed by atoms with Gasteiger partial charge in [0.1, 0.15) is 0 Å². The molecule has 0 aromatic carbocycles. The molecule has 1 unspecified atom stereocenters. The van der Waals surface area contributed by atoms with Crippen molar-refractivity contribution in [3.8, 4) is 0 Å². The van der Waals surface area contributed by atoms with Crippen molar-refractivity contribution in [3.05, 3.63) is 23.3 Å². The van der Waals surface area contributed by atoms with Crippen LogP contribution in [-0.4, -0.2) is 20.6 Å². The van der Waals surface area contributed by atoms with Gasteiger partial charge in [-0.05, 0) is 53.9 Å². The van der Waals surface area contributed by atoms with Crippen molar-refractivity contribution in [1.29, 1.82) is 0 Å². The fraction of sp³-hybridized carbons (Fsp3) is 0.750.